The fraction of sp³-hybridized carbons (Fsp3) is 0.480. The van der Waals surface area contributed by atoms with Gasteiger partial charge in [-0.25, -0.2) is 0 Å². The Balaban J connectivity index is 1.62. The molecule has 0 aliphatic heterocycles. The summed E-state index contributed by atoms with van der Waals surface area (Å²) in [5.41, 5.74) is 4.33. The molecule has 2 aromatic rings. The smallest absolute Gasteiger partial charge is 0.309 e. The highest BCUT2D eigenvalue weighted by Gasteiger charge is 2.55. The molecule has 0 heterocycles. The Bertz CT molecular complexity index is 885. The molecule has 2 aromatic carbocycles. The van der Waals surface area contributed by atoms with E-state index in [1.54, 1.807) is 0 Å². The third-order valence-corrected chi connectivity index (χ3v) is 7.34. The number of carboxylic acids is 1. The number of rotatable bonds is 4. The molecule has 2 aliphatic carbocycles. The first-order chi connectivity index (χ1) is 13.3. The summed E-state index contributed by atoms with van der Waals surface area (Å²) in [5, 5.41) is 9.96. The summed E-state index contributed by atoms with van der Waals surface area (Å²) in [7, 11) is 0. The summed E-state index contributed by atoms with van der Waals surface area (Å²) >= 11 is 0. The van der Waals surface area contributed by atoms with Crippen LogP contribution < -0.4 is 4.74 Å². The number of carbonyl (C=O) groups is 1. The fourth-order valence-corrected chi connectivity index (χ4v) is 5.64. The van der Waals surface area contributed by atoms with Crippen LogP contribution in [-0.4, -0.2) is 11.1 Å². The van der Waals surface area contributed by atoms with Crippen molar-refractivity contribution in [2.24, 2.45) is 11.3 Å². The monoisotopic (exact) mass is 378 g/mol. The van der Waals surface area contributed by atoms with Crippen LogP contribution in [0.25, 0.3) is 0 Å². The predicted octanol–water partition coefficient (Wildman–Crippen LogP) is 5.67. The zero-order valence-electron chi connectivity index (χ0n) is 17.1. The van der Waals surface area contributed by atoms with Crippen LogP contribution in [-0.2, 0) is 23.2 Å². The van der Waals surface area contributed by atoms with E-state index in [-0.39, 0.29) is 11.3 Å². The van der Waals surface area contributed by atoms with E-state index in [9.17, 15) is 9.90 Å². The van der Waals surface area contributed by atoms with Gasteiger partial charge in [-0.2, -0.15) is 0 Å². The van der Waals surface area contributed by atoms with Gasteiger partial charge in [-0.05, 0) is 79.7 Å². The number of hydrogen-bond acceptors (Lipinski definition) is 2. The quantitative estimate of drug-likeness (QED) is 0.746. The minimum absolute atomic E-state index is 0.0950. The molecule has 1 N–H and O–H groups in total. The number of hydrogen-bond donors (Lipinski definition) is 1. The van der Waals surface area contributed by atoms with Gasteiger partial charge in [-0.1, -0.05) is 49.2 Å². The van der Waals surface area contributed by atoms with Crippen molar-refractivity contribution in [2.75, 3.05) is 0 Å². The summed E-state index contributed by atoms with van der Waals surface area (Å²) in [6.45, 7) is 6.87. The first kappa shape index (κ1) is 19.0. The maximum Gasteiger partial charge on any atom is 0.309 e. The van der Waals surface area contributed by atoms with Crippen LogP contribution in [0.3, 0.4) is 0 Å². The summed E-state index contributed by atoms with van der Waals surface area (Å²) in [4.78, 5) is 12.1. The second-order valence-corrected chi connectivity index (χ2v) is 9.18. The highest BCUT2D eigenvalue weighted by Crippen LogP contribution is 2.57. The van der Waals surface area contributed by atoms with E-state index in [1.807, 2.05) is 6.92 Å². The van der Waals surface area contributed by atoms with Crippen LogP contribution in [0, 0.1) is 18.3 Å². The summed E-state index contributed by atoms with van der Waals surface area (Å²) < 4.78 is 6.11. The van der Waals surface area contributed by atoms with Gasteiger partial charge in [0, 0.05) is 0 Å². The zero-order chi connectivity index (χ0) is 19.9. The number of benzene rings is 2. The number of carboxylic acid groups (broad SMARTS) is 1. The van der Waals surface area contributed by atoms with Gasteiger partial charge in [0.2, 0.25) is 0 Å². The fourth-order valence-electron chi connectivity index (χ4n) is 5.64. The van der Waals surface area contributed by atoms with Crippen LogP contribution in [0.5, 0.6) is 5.75 Å². The zero-order valence-corrected chi connectivity index (χ0v) is 17.1. The van der Waals surface area contributed by atoms with E-state index >= 15 is 0 Å². The number of fused-ring (bicyclic) bond motifs is 3. The van der Waals surface area contributed by atoms with Crippen LogP contribution in [0.2, 0.25) is 0 Å². The highest BCUT2D eigenvalue weighted by molar-refractivity contribution is 5.75. The van der Waals surface area contributed by atoms with Crippen molar-refractivity contribution in [3.8, 4) is 5.75 Å². The SMILES string of the molecule is Cc1ccc(COc2ccc3c(c2)[C@@]2(C)CCC[C@](C)(C(=O)O)[C@@H]2CC3)cc1. The summed E-state index contributed by atoms with van der Waals surface area (Å²) in [6.07, 6.45) is 4.70. The number of aryl methyl sites for hydroxylation is 2. The van der Waals surface area contributed by atoms with Crippen LogP contribution in [0.15, 0.2) is 42.5 Å². The van der Waals surface area contributed by atoms with Crippen molar-refractivity contribution >= 4 is 5.97 Å². The lowest BCUT2D eigenvalue weighted by Gasteiger charge is -2.53. The normalized spacial score (nSPS) is 28.9. The Hall–Kier alpha value is -2.29. The van der Waals surface area contributed by atoms with Crippen molar-refractivity contribution in [2.45, 2.75) is 64.9 Å². The molecule has 0 radical (unpaired) electrons. The summed E-state index contributed by atoms with van der Waals surface area (Å²) in [6, 6.07) is 14.8. The molecule has 1 saturated carbocycles. The van der Waals surface area contributed by atoms with Gasteiger partial charge in [-0.3, -0.25) is 4.79 Å². The van der Waals surface area contributed by atoms with E-state index < -0.39 is 11.4 Å². The molecule has 0 saturated heterocycles. The van der Waals surface area contributed by atoms with Crippen LogP contribution in [0.1, 0.15) is 61.8 Å². The standard InChI is InChI=1S/C25H30O3/c1-17-5-7-18(8-6-17)16-28-20-11-9-19-10-12-22-24(2,21(19)15-20)13-4-14-25(22,3)23(26)27/h5-9,11,15,22H,4,10,12-14,16H2,1-3H3,(H,26,27)/t22-,24-,25+/m1/s1. The van der Waals surface area contributed by atoms with E-state index in [2.05, 4.69) is 56.3 Å². The molecule has 4 rings (SSSR count). The molecule has 3 heteroatoms. The Labute approximate surface area is 167 Å². The predicted molar refractivity (Wildman–Crippen MR) is 111 cm³/mol. The maximum atomic E-state index is 12.1. The van der Waals surface area contributed by atoms with Gasteiger partial charge in [0.15, 0.2) is 0 Å². The van der Waals surface area contributed by atoms with Gasteiger partial charge in [0.25, 0.3) is 0 Å². The van der Waals surface area contributed by atoms with Crippen molar-refractivity contribution in [1.82, 2.24) is 0 Å². The average molecular weight is 379 g/mol. The van der Waals surface area contributed by atoms with Crippen molar-refractivity contribution in [3.63, 3.8) is 0 Å². The van der Waals surface area contributed by atoms with E-state index in [0.29, 0.717) is 6.61 Å². The molecule has 3 nitrogen and oxygen atoms in total. The third-order valence-electron chi connectivity index (χ3n) is 7.34. The van der Waals surface area contributed by atoms with E-state index in [0.717, 1.165) is 43.4 Å². The maximum absolute atomic E-state index is 12.1. The average Bonchev–Trinajstić information content (AvgIpc) is 2.67. The molecule has 28 heavy (non-hydrogen) atoms. The molecule has 3 atom stereocenters. The molecule has 0 amide bonds. The topological polar surface area (TPSA) is 46.5 Å². The highest BCUT2D eigenvalue weighted by atomic mass is 16.5. The van der Waals surface area contributed by atoms with Crippen molar-refractivity contribution in [1.29, 1.82) is 0 Å². The van der Waals surface area contributed by atoms with Gasteiger partial charge in [-0.15, -0.1) is 0 Å². The third kappa shape index (κ3) is 3.11. The Morgan fingerprint density at radius 2 is 1.89 bits per heavy atom. The first-order valence-electron chi connectivity index (χ1n) is 10.4. The molecule has 0 unspecified atom stereocenters. The molecule has 1 fully saturated rings. The summed E-state index contributed by atoms with van der Waals surface area (Å²) in [5.74, 6) is 0.411. The largest absolute Gasteiger partial charge is 0.489 e. The van der Waals surface area contributed by atoms with Gasteiger partial charge < -0.3 is 9.84 Å². The van der Waals surface area contributed by atoms with Gasteiger partial charge >= 0.3 is 5.97 Å². The molecule has 0 bridgehead atoms. The van der Waals surface area contributed by atoms with E-state index in [1.165, 1.54) is 16.7 Å². The molecule has 0 spiro atoms. The van der Waals surface area contributed by atoms with Crippen LogP contribution in [0.4, 0.5) is 0 Å². The number of aliphatic carboxylic acids is 1. The van der Waals surface area contributed by atoms with Crippen molar-refractivity contribution < 1.29 is 14.6 Å². The lowest BCUT2D eigenvalue weighted by Crippen LogP contribution is -2.52. The first-order valence-corrected chi connectivity index (χ1v) is 10.4. The molecule has 0 aromatic heterocycles. The Kier molecular flexibility index (Phi) is 4.73. The lowest BCUT2D eigenvalue weighted by atomic mass is 9.50. The minimum atomic E-state index is -0.640. The second kappa shape index (κ2) is 6.95. The molecule has 2 aliphatic rings. The second-order valence-electron chi connectivity index (χ2n) is 9.18. The van der Waals surface area contributed by atoms with E-state index in [4.69, 9.17) is 4.74 Å². The molecular weight excluding hydrogens is 348 g/mol. The van der Waals surface area contributed by atoms with Gasteiger partial charge in [0.05, 0.1) is 5.41 Å². The number of ether oxygens (including phenoxy) is 1. The Morgan fingerprint density at radius 1 is 1.14 bits per heavy atom. The molecule has 148 valence electrons. The molecular formula is C25H30O3. The minimum Gasteiger partial charge on any atom is -0.489 e. The van der Waals surface area contributed by atoms with Crippen LogP contribution >= 0.6 is 0 Å². The Morgan fingerprint density at radius 3 is 2.61 bits per heavy atom. The van der Waals surface area contributed by atoms with Gasteiger partial charge in [0.1, 0.15) is 12.4 Å². The van der Waals surface area contributed by atoms with Crippen molar-refractivity contribution in [3.05, 3.63) is 64.7 Å². The lowest BCUT2D eigenvalue weighted by molar-refractivity contribution is -0.157.